The van der Waals surface area contributed by atoms with E-state index in [9.17, 15) is 4.79 Å². The summed E-state index contributed by atoms with van der Waals surface area (Å²) in [4.78, 5) is 12.0. The van der Waals surface area contributed by atoms with Gasteiger partial charge in [0.05, 0.1) is 0 Å². The molecule has 1 aromatic rings. The average molecular weight is 303 g/mol. The van der Waals surface area contributed by atoms with E-state index in [1.165, 1.54) is 0 Å². The molecule has 2 rings (SSSR count). The predicted molar refractivity (Wildman–Crippen MR) is 79.3 cm³/mol. The molecule has 0 aromatic carbocycles. The number of amides is 1. The first-order valence-corrected chi connectivity index (χ1v) is 6.95. The van der Waals surface area contributed by atoms with Gasteiger partial charge in [0, 0.05) is 50.5 Å². The zero-order valence-electron chi connectivity index (χ0n) is 11.8. The van der Waals surface area contributed by atoms with Gasteiger partial charge in [-0.2, -0.15) is 5.10 Å². The molecule has 1 amide bonds. The van der Waals surface area contributed by atoms with Gasteiger partial charge >= 0.3 is 0 Å². The molecule has 0 atom stereocenters. The maximum atomic E-state index is 12.0. The molecule has 3 N–H and O–H groups in total. The number of aromatic amines is 1. The number of nitrogens with one attached hydrogen (secondary N) is 3. The van der Waals surface area contributed by atoms with Crippen molar-refractivity contribution in [1.82, 2.24) is 20.8 Å². The van der Waals surface area contributed by atoms with E-state index < -0.39 is 0 Å². The molecule has 0 spiro atoms. The number of nitrogens with zero attached hydrogens (tertiary/aromatic N) is 1. The third kappa shape index (κ3) is 4.47. The molecule has 0 saturated carbocycles. The van der Waals surface area contributed by atoms with Crippen LogP contribution in [-0.4, -0.2) is 42.4 Å². The second kappa shape index (κ2) is 8.94. The summed E-state index contributed by atoms with van der Waals surface area (Å²) in [5.41, 5.74) is 2.63. The second-order valence-corrected chi connectivity index (χ2v) is 4.62. The van der Waals surface area contributed by atoms with E-state index in [1.54, 1.807) is 0 Å². The largest absolute Gasteiger partial charge is 0.382 e. The molecule has 1 aliphatic heterocycles. The number of carbonyl (C=O) groups is 1. The number of unbranched alkanes of at least 4 members (excludes halogenated alkanes) is 1. The molecule has 0 unspecified atom stereocenters. The number of hydrogen-bond donors (Lipinski definition) is 3. The van der Waals surface area contributed by atoms with E-state index in [1.807, 2.05) is 6.92 Å². The standard InChI is InChI=1S/C13H22N4O2.ClH/c1-2-19-8-4-3-6-15-13(18)12-10-9-14-7-5-11(10)16-17-12;/h14H,2-9H2,1H3,(H,15,18)(H,16,17);1H. The Morgan fingerprint density at radius 3 is 3.10 bits per heavy atom. The van der Waals surface area contributed by atoms with Crippen molar-refractivity contribution < 1.29 is 9.53 Å². The van der Waals surface area contributed by atoms with Gasteiger partial charge < -0.3 is 15.4 Å². The van der Waals surface area contributed by atoms with Gasteiger partial charge in [0.1, 0.15) is 0 Å². The summed E-state index contributed by atoms with van der Waals surface area (Å²) < 4.78 is 5.25. The Morgan fingerprint density at radius 2 is 2.30 bits per heavy atom. The van der Waals surface area contributed by atoms with Gasteiger partial charge in [-0.05, 0) is 19.8 Å². The molecule has 0 fully saturated rings. The molecule has 114 valence electrons. The number of aromatic nitrogens is 2. The van der Waals surface area contributed by atoms with Crippen LogP contribution in [0, 0.1) is 0 Å². The quantitative estimate of drug-likeness (QED) is 0.657. The Hall–Kier alpha value is -1.11. The first-order chi connectivity index (χ1) is 9.33. The molecular formula is C13H23ClN4O2. The minimum Gasteiger partial charge on any atom is -0.382 e. The van der Waals surface area contributed by atoms with Gasteiger partial charge in [-0.15, -0.1) is 12.4 Å². The number of fused-ring (bicyclic) bond motifs is 1. The van der Waals surface area contributed by atoms with Gasteiger partial charge in [0.25, 0.3) is 5.91 Å². The number of rotatable bonds is 7. The summed E-state index contributed by atoms with van der Waals surface area (Å²) in [6.45, 7) is 5.82. The van der Waals surface area contributed by atoms with Crippen molar-refractivity contribution in [3.8, 4) is 0 Å². The van der Waals surface area contributed by atoms with Crippen LogP contribution in [0.3, 0.4) is 0 Å². The van der Waals surface area contributed by atoms with Crippen LogP contribution in [0.15, 0.2) is 0 Å². The van der Waals surface area contributed by atoms with E-state index in [0.717, 1.165) is 56.8 Å². The van der Waals surface area contributed by atoms with E-state index in [4.69, 9.17) is 4.74 Å². The van der Waals surface area contributed by atoms with Gasteiger partial charge in [0.15, 0.2) is 5.69 Å². The summed E-state index contributed by atoms with van der Waals surface area (Å²) in [5, 5.41) is 13.2. The molecular weight excluding hydrogens is 280 g/mol. The van der Waals surface area contributed by atoms with Crippen LogP contribution >= 0.6 is 12.4 Å². The smallest absolute Gasteiger partial charge is 0.272 e. The Kier molecular flexibility index (Phi) is 7.58. The highest BCUT2D eigenvalue weighted by molar-refractivity contribution is 5.94. The van der Waals surface area contributed by atoms with Crippen molar-refractivity contribution in [3.05, 3.63) is 17.0 Å². The predicted octanol–water partition coefficient (Wildman–Crippen LogP) is 1.02. The van der Waals surface area contributed by atoms with Crippen LogP contribution in [0.4, 0.5) is 0 Å². The molecule has 20 heavy (non-hydrogen) atoms. The van der Waals surface area contributed by atoms with E-state index in [-0.39, 0.29) is 18.3 Å². The lowest BCUT2D eigenvalue weighted by Gasteiger charge is -2.12. The average Bonchev–Trinajstić information content (AvgIpc) is 2.86. The highest BCUT2D eigenvalue weighted by Gasteiger charge is 2.20. The third-order valence-corrected chi connectivity index (χ3v) is 3.23. The molecule has 0 radical (unpaired) electrons. The zero-order chi connectivity index (χ0) is 13.5. The first kappa shape index (κ1) is 16.9. The van der Waals surface area contributed by atoms with Crippen molar-refractivity contribution in [3.63, 3.8) is 0 Å². The lowest BCUT2D eigenvalue weighted by atomic mass is 10.1. The summed E-state index contributed by atoms with van der Waals surface area (Å²) >= 11 is 0. The Labute approximate surface area is 125 Å². The molecule has 2 heterocycles. The van der Waals surface area contributed by atoms with Gasteiger partial charge in [-0.25, -0.2) is 0 Å². The van der Waals surface area contributed by atoms with Crippen LogP contribution in [0.2, 0.25) is 0 Å². The molecule has 0 bridgehead atoms. The maximum Gasteiger partial charge on any atom is 0.272 e. The third-order valence-electron chi connectivity index (χ3n) is 3.23. The lowest BCUT2D eigenvalue weighted by Crippen LogP contribution is -2.29. The number of H-pyrrole nitrogens is 1. The topological polar surface area (TPSA) is 79.0 Å². The van der Waals surface area contributed by atoms with E-state index >= 15 is 0 Å². The van der Waals surface area contributed by atoms with Crippen LogP contribution < -0.4 is 10.6 Å². The van der Waals surface area contributed by atoms with Gasteiger partial charge in [0.2, 0.25) is 0 Å². The number of hydrogen-bond acceptors (Lipinski definition) is 4. The molecule has 0 saturated heterocycles. The first-order valence-electron chi connectivity index (χ1n) is 6.95. The Morgan fingerprint density at radius 1 is 1.45 bits per heavy atom. The Balaban J connectivity index is 0.00000200. The van der Waals surface area contributed by atoms with Crippen molar-refractivity contribution in [2.45, 2.75) is 32.7 Å². The van der Waals surface area contributed by atoms with Crippen molar-refractivity contribution in [1.29, 1.82) is 0 Å². The van der Waals surface area contributed by atoms with Crippen molar-refractivity contribution >= 4 is 18.3 Å². The minimum atomic E-state index is -0.0855. The number of ether oxygens (including phenoxy) is 1. The monoisotopic (exact) mass is 302 g/mol. The van der Waals surface area contributed by atoms with E-state index in [2.05, 4.69) is 20.8 Å². The van der Waals surface area contributed by atoms with Crippen LogP contribution in [-0.2, 0) is 17.7 Å². The lowest BCUT2D eigenvalue weighted by molar-refractivity contribution is 0.0943. The summed E-state index contributed by atoms with van der Waals surface area (Å²) in [6, 6.07) is 0. The Bertz CT molecular complexity index is 423. The fourth-order valence-corrected chi connectivity index (χ4v) is 2.17. The minimum absolute atomic E-state index is 0. The normalized spacial score (nSPS) is 13.4. The van der Waals surface area contributed by atoms with Crippen LogP contribution in [0.5, 0.6) is 0 Å². The van der Waals surface area contributed by atoms with Crippen molar-refractivity contribution in [2.75, 3.05) is 26.3 Å². The number of carbonyl (C=O) groups excluding carboxylic acids is 1. The molecule has 1 aromatic heterocycles. The van der Waals surface area contributed by atoms with Crippen molar-refractivity contribution in [2.24, 2.45) is 0 Å². The summed E-state index contributed by atoms with van der Waals surface area (Å²) in [7, 11) is 0. The molecule has 1 aliphatic rings. The van der Waals surface area contributed by atoms with Gasteiger partial charge in [-0.1, -0.05) is 0 Å². The van der Waals surface area contributed by atoms with E-state index in [0.29, 0.717) is 12.2 Å². The highest BCUT2D eigenvalue weighted by Crippen LogP contribution is 2.14. The van der Waals surface area contributed by atoms with Crippen LogP contribution in [0.25, 0.3) is 0 Å². The fourth-order valence-electron chi connectivity index (χ4n) is 2.17. The molecule has 0 aliphatic carbocycles. The summed E-state index contributed by atoms with van der Waals surface area (Å²) in [5.74, 6) is -0.0855. The fraction of sp³-hybridized carbons (Fsp3) is 0.692. The van der Waals surface area contributed by atoms with Gasteiger partial charge in [-0.3, -0.25) is 9.89 Å². The SMILES string of the molecule is CCOCCCCNC(=O)c1n[nH]c2c1CNCC2.Cl. The van der Waals surface area contributed by atoms with Crippen LogP contribution in [0.1, 0.15) is 41.5 Å². The highest BCUT2D eigenvalue weighted by atomic mass is 35.5. The second-order valence-electron chi connectivity index (χ2n) is 4.62. The zero-order valence-corrected chi connectivity index (χ0v) is 12.6. The molecule has 6 nitrogen and oxygen atoms in total. The molecule has 7 heteroatoms. The maximum absolute atomic E-state index is 12.0. The summed E-state index contributed by atoms with van der Waals surface area (Å²) in [6.07, 6.45) is 2.80. The number of halogens is 1.